The Kier molecular flexibility index (Phi) is 4.15. The Morgan fingerprint density at radius 1 is 1.11 bits per heavy atom. The van der Waals surface area contributed by atoms with Crippen LogP contribution in [0.3, 0.4) is 0 Å². The Morgan fingerprint density at radius 2 is 1.89 bits per heavy atom. The van der Waals surface area contributed by atoms with E-state index in [9.17, 15) is 5.11 Å². The number of para-hydroxylation sites is 2. The van der Waals surface area contributed by atoms with Crippen LogP contribution >= 0.6 is 0 Å². The summed E-state index contributed by atoms with van der Waals surface area (Å²) in [7, 11) is 0. The van der Waals surface area contributed by atoms with Crippen molar-refractivity contribution < 1.29 is 14.6 Å². The molecule has 0 fully saturated rings. The summed E-state index contributed by atoms with van der Waals surface area (Å²) in [4.78, 5) is 4.11. The molecule has 0 unspecified atom stereocenters. The summed E-state index contributed by atoms with van der Waals surface area (Å²) in [5.41, 5.74) is 0.642. The first kappa shape index (κ1) is 12.4. The molecule has 0 bridgehead atoms. The first-order valence-corrected chi connectivity index (χ1v) is 5.79. The van der Waals surface area contributed by atoms with Crippen LogP contribution in [0.4, 0.5) is 0 Å². The van der Waals surface area contributed by atoms with Gasteiger partial charge in [0.15, 0.2) is 11.5 Å². The fourth-order valence-electron chi connectivity index (χ4n) is 1.55. The lowest BCUT2D eigenvalue weighted by Gasteiger charge is -2.12. The summed E-state index contributed by atoms with van der Waals surface area (Å²) >= 11 is 0. The van der Waals surface area contributed by atoms with Crippen LogP contribution in [0.2, 0.25) is 0 Å². The third-order valence-electron chi connectivity index (χ3n) is 2.38. The molecule has 2 aromatic rings. The minimum Gasteiger partial charge on any atom is -0.490 e. The first-order valence-electron chi connectivity index (χ1n) is 5.79. The van der Waals surface area contributed by atoms with E-state index < -0.39 is 0 Å². The van der Waals surface area contributed by atoms with E-state index >= 15 is 0 Å². The summed E-state index contributed by atoms with van der Waals surface area (Å²) in [5.74, 6) is 1.65. The van der Waals surface area contributed by atoms with E-state index in [2.05, 4.69) is 4.98 Å². The van der Waals surface area contributed by atoms with Crippen LogP contribution in [0.15, 0.2) is 42.6 Å². The highest BCUT2D eigenvalue weighted by Crippen LogP contribution is 2.31. The molecule has 1 aromatic carbocycles. The number of aliphatic hydroxyl groups is 1. The van der Waals surface area contributed by atoms with Crippen LogP contribution in [0.5, 0.6) is 17.4 Å². The molecule has 1 N–H and O–H groups in total. The predicted molar refractivity (Wildman–Crippen MR) is 67.8 cm³/mol. The number of aromatic nitrogens is 1. The molecule has 18 heavy (non-hydrogen) atoms. The standard InChI is InChI=1S/C14H15NO3/c1-2-17-12-7-3-4-8-13(12)18-14-11(10-16)6-5-9-15-14/h3-9,16H,2,10H2,1H3. The minimum atomic E-state index is -0.111. The molecule has 0 aliphatic heterocycles. The molecule has 2 rings (SSSR count). The van der Waals surface area contributed by atoms with Gasteiger partial charge in [0.05, 0.1) is 13.2 Å². The predicted octanol–water partition coefficient (Wildman–Crippen LogP) is 2.76. The van der Waals surface area contributed by atoms with Gasteiger partial charge in [0.25, 0.3) is 0 Å². The molecule has 4 heteroatoms. The third-order valence-corrected chi connectivity index (χ3v) is 2.38. The molecular weight excluding hydrogens is 230 g/mol. The minimum absolute atomic E-state index is 0.111. The summed E-state index contributed by atoms with van der Waals surface area (Å²) in [6, 6.07) is 10.9. The molecule has 0 aliphatic carbocycles. The molecule has 1 heterocycles. The van der Waals surface area contributed by atoms with Crippen LogP contribution in [0, 0.1) is 0 Å². The summed E-state index contributed by atoms with van der Waals surface area (Å²) in [5, 5.41) is 9.22. The van der Waals surface area contributed by atoms with Gasteiger partial charge in [-0.1, -0.05) is 12.1 Å². The molecule has 0 radical (unpaired) electrons. The van der Waals surface area contributed by atoms with Crippen molar-refractivity contribution in [2.45, 2.75) is 13.5 Å². The molecule has 94 valence electrons. The number of hydrogen-bond donors (Lipinski definition) is 1. The Balaban J connectivity index is 2.28. The second-order valence-electron chi connectivity index (χ2n) is 3.61. The van der Waals surface area contributed by atoms with Gasteiger partial charge in [0.1, 0.15) is 0 Å². The lowest BCUT2D eigenvalue weighted by molar-refractivity contribution is 0.273. The van der Waals surface area contributed by atoms with E-state index in [0.717, 1.165) is 0 Å². The third kappa shape index (κ3) is 2.78. The van der Waals surface area contributed by atoms with Gasteiger partial charge >= 0.3 is 0 Å². The Hall–Kier alpha value is -2.07. The molecule has 0 aliphatic rings. The highest BCUT2D eigenvalue weighted by atomic mass is 16.5. The van der Waals surface area contributed by atoms with Gasteiger partial charge in [-0.3, -0.25) is 0 Å². The number of ether oxygens (including phenoxy) is 2. The fourth-order valence-corrected chi connectivity index (χ4v) is 1.55. The van der Waals surface area contributed by atoms with Gasteiger partial charge in [-0.25, -0.2) is 4.98 Å². The highest BCUT2D eigenvalue weighted by Gasteiger charge is 2.09. The summed E-state index contributed by atoms with van der Waals surface area (Å²) in [6.07, 6.45) is 1.62. The summed E-state index contributed by atoms with van der Waals surface area (Å²) < 4.78 is 11.2. The second kappa shape index (κ2) is 6.02. The van der Waals surface area contributed by atoms with Crippen LogP contribution < -0.4 is 9.47 Å². The van der Waals surface area contributed by atoms with Gasteiger partial charge < -0.3 is 14.6 Å². The van der Waals surface area contributed by atoms with E-state index in [1.54, 1.807) is 24.4 Å². The zero-order valence-electron chi connectivity index (χ0n) is 10.2. The molecule has 0 saturated carbocycles. The topological polar surface area (TPSA) is 51.6 Å². The molecule has 0 amide bonds. The average molecular weight is 245 g/mol. The smallest absolute Gasteiger partial charge is 0.224 e. The van der Waals surface area contributed by atoms with Crippen molar-refractivity contribution in [1.82, 2.24) is 4.98 Å². The van der Waals surface area contributed by atoms with Crippen molar-refractivity contribution in [3.63, 3.8) is 0 Å². The molecular formula is C14H15NO3. The molecule has 0 saturated heterocycles. The van der Waals surface area contributed by atoms with E-state index in [0.29, 0.717) is 29.5 Å². The fraction of sp³-hybridized carbons (Fsp3) is 0.214. The number of nitrogens with zero attached hydrogens (tertiary/aromatic N) is 1. The van der Waals surface area contributed by atoms with Gasteiger partial charge in [-0.05, 0) is 31.2 Å². The maximum atomic E-state index is 9.22. The maximum absolute atomic E-state index is 9.22. The normalized spacial score (nSPS) is 10.1. The number of hydrogen-bond acceptors (Lipinski definition) is 4. The molecule has 0 spiro atoms. The first-order chi connectivity index (χ1) is 8.85. The monoisotopic (exact) mass is 245 g/mol. The van der Waals surface area contributed by atoms with Crippen LogP contribution in [-0.2, 0) is 6.61 Å². The largest absolute Gasteiger partial charge is 0.490 e. The van der Waals surface area contributed by atoms with Crippen LogP contribution in [-0.4, -0.2) is 16.7 Å². The number of benzene rings is 1. The van der Waals surface area contributed by atoms with E-state index in [4.69, 9.17) is 9.47 Å². The van der Waals surface area contributed by atoms with Crippen molar-refractivity contribution in [3.05, 3.63) is 48.2 Å². The Bertz CT molecular complexity index is 514. The van der Waals surface area contributed by atoms with Crippen LogP contribution in [0.1, 0.15) is 12.5 Å². The molecule has 4 nitrogen and oxygen atoms in total. The number of pyridine rings is 1. The number of rotatable bonds is 5. The lowest BCUT2D eigenvalue weighted by Crippen LogP contribution is -1.98. The van der Waals surface area contributed by atoms with Crippen molar-refractivity contribution in [2.75, 3.05) is 6.61 Å². The van der Waals surface area contributed by atoms with E-state index in [1.165, 1.54) is 0 Å². The van der Waals surface area contributed by atoms with E-state index in [-0.39, 0.29) is 6.61 Å². The maximum Gasteiger partial charge on any atom is 0.224 e. The lowest BCUT2D eigenvalue weighted by atomic mass is 10.3. The zero-order valence-corrected chi connectivity index (χ0v) is 10.2. The molecule has 1 aromatic heterocycles. The van der Waals surface area contributed by atoms with Crippen molar-refractivity contribution in [1.29, 1.82) is 0 Å². The van der Waals surface area contributed by atoms with Crippen LogP contribution in [0.25, 0.3) is 0 Å². The van der Waals surface area contributed by atoms with Gasteiger partial charge in [-0.2, -0.15) is 0 Å². The van der Waals surface area contributed by atoms with Gasteiger partial charge in [0.2, 0.25) is 5.88 Å². The Morgan fingerprint density at radius 3 is 2.61 bits per heavy atom. The highest BCUT2D eigenvalue weighted by molar-refractivity contribution is 5.42. The average Bonchev–Trinajstić information content (AvgIpc) is 2.42. The SMILES string of the molecule is CCOc1ccccc1Oc1ncccc1CO. The quantitative estimate of drug-likeness (QED) is 0.880. The number of aliphatic hydroxyl groups excluding tert-OH is 1. The van der Waals surface area contributed by atoms with Gasteiger partial charge in [0, 0.05) is 11.8 Å². The van der Waals surface area contributed by atoms with E-state index in [1.807, 2.05) is 25.1 Å². The summed E-state index contributed by atoms with van der Waals surface area (Å²) in [6.45, 7) is 2.37. The van der Waals surface area contributed by atoms with Crippen molar-refractivity contribution in [3.8, 4) is 17.4 Å². The van der Waals surface area contributed by atoms with Gasteiger partial charge in [-0.15, -0.1) is 0 Å². The Labute approximate surface area is 106 Å². The molecule has 0 atom stereocenters. The zero-order chi connectivity index (χ0) is 12.8. The van der Waals surface area contributed by atoms with Crippen molar-refractivity contribution >= 4 is 0 Å². The van der Waals surface area contributed by atoms with Crippen molar-refractivity contribution in [2.24, 2.45) is 0 Å². The second-order valence-corrected chi connectivity index (χ2v) is 3.61.